The second kappa shape index (κ2) is 21.1. The molecule has 0 aromatic carbocycles. The van der Waals surface area contributed by atoms with Crippen molar-refractivity contribution in [2.75, 3.05) is 13.2 Å². The summed E-state index contributed by atoms with van der Waals surface area (Å²) in [5.74, 6) is 0. The first-order chi connectivity index (χ1) is 11.8. The van der Waals surface area contributed by atoms with Crippen molar-refractivity contribution in [3.05, 3.63) is 0 Å². The van der Waals surface area contributed by atoms with Crippen LogP contribution in [0, 0.1) is 0 Å². The van der Waals surface area contributed by atoms with Crippen LogP contribution in [-0.4, -0.2) is 17.4 Å². The minimum absolute atomic E-state index is 0.530. The normalized spacial score (nSPS) is 12.6. The summed E-state index contributed by atoms with van der Waals surface area (Å²) in [6, 6.07) is 0. The Morgan fingerprint density at radius 3 is 1.25 bits per heavy atom. The predicted molar refractivity (Wildman–Crippen MR) is 105 cm³/mol. The fourth-order valence-electron chi connectivity index (χ4n) is 2.73. The summed E-state index contributed by atoms with van der Waals surface area (Å²) in [6.45, 7) is 5.44. The molecule has 3 nitrogen and oxygen atoms in total. The molecule has 24 heavy (non-hydrogen) atoms. The van der Waals surface area contributed by atoms with Crippen LogP contribution in [0.2, 0.25) is 0 Å². The van der Waals surface area contributed by atoms with E-state index in [-0.39, 0.29) is 0 Å². The Balaban J connectivity index is 3.06. The molecule has 0 bridgehead atoms. The maximum absolute atomic E-state index is 11.3. The molecule has 0 saturated heterocycles. The van der Waals surface area contributed by atoms with Crippen LogP contribution in [0.4, 0.5) is 0 Å². The molecule has 0 aromatic rings. The van der Waals surface area contributed by atoms with Crippen molar-refractivity contribution in [3.8, 4) is 0 Å². The minimum atomic E-state index is -1.54. The van der Waals surface area contributed by atoms with Gasteiger partial charge in [0.25, 0.3) is 0 Å². The molecular formula is C20H42O3S. The summed E-state index contributed by atoms with van der Waals surface area (Å²) < 4.78 is 21.5. The van der Waals surface area contributed by atoms with Crippen LogP contribution in [0.1, 0.15) is 117 Å². The van der Waals surface area contributed by atoms with Crippen LogP contribution < -0.4 is 0 Å². The van der Waals surface area contributed by atoms with Crippen LogP contribution in [0.5, 0.6) is 0 Å². The summed E-state index contributed by atoms with van der Waals surface area (Å²) in [7, 11) is 0. The minimum Gasteiger partial charge on any atom is -0.268 e. The Kier molecular flexibility index (Phi) is 21.2. The molecule has 0 rings (SSSR count). The van der Waals surface area contributed by atoms with Crippen molar-refractivity contribution in [2.45, 2.75) is 117 Å². The van der Waals surface area contributed by atoms with Crippen LogP contribution in [0.15, 0.2) is 0 Å². The Morgan fingerprint density at radius 2 is 0.833 bits per heavy atom. The second-order valence-corrected chi connectivity index (χ2v) is 7.68. The van der Waals surface area contributed by atoms with E-state index in [1.165, 1.54) is 83.5 Å². The van der Waals surface area contributed by atoms with E-state index in [0.717, 1.165) is 19.3 Å². The lowest BCUT2D eigenvalue weighted by Crippen LogP contribution is -2.04. The Labute approximate surface area is 154 Å². The molecule has 1 atom stereocenters. The maximum Gasteiger partial charge on any atom is 0.304 e. The fourth-order valence-corrected chi connectivity index (χ4v) is 3.30. The number of unbranched alkanes of at least 4 members (excludes halogenated alkanes) is 14. The summed E-state index contributed by atoms with van der Waals surface area (Å²) in [4.78, 5) is 0. The SMILES string of the molecule is CCCCCCCCCCCCCCCCOS(=O)OCCCC. The van der Waals surface area contributed by atoms with E-state index in [4.69, 9.17) is 8.37 Å². The molecule has 0 aromatic heterocycles. The number of hydrogen-bond acceptors (Lipinski definition) is 3. The van der Waals surface area contributed by atoms with Crippen molar-refractivity contribution in [1.82, 2.24) is 0 Å². The molecule has 0 heterocycles. The molecule has 0 spiro atoms. The van der Waals surface area contributed by atoms with Gasteiger partial charge in [0.2, 0.25) is 0 Å². The van der Waals surface area contributed by atoms with E-state index in [1.54, 1.807) is 0 Å². The predicted octanol–water partition coefficient (Wildman–Crippen LogP) is 6.88. The molecule has 0 aliphatic rings. The van der Waals surface area contributed by atoms with Crippen molar-refractivity contribution in [2.24, 2.45) is 0 Å². The first-order valence-electron chi connectivity index (χ1n) is 10.5. The fraction of sp³-hybridized carbons (Fsp3) is 1.00. The van der Waals surface area contributed by atoms with Gasteiger partial charge in [-0.2, -0.15) is 4.21 Å². The zero-order valence-corrected chi connectivity index (χ0v) is 17.2. The monoisotopic (exact) mass is 362 g/mol. The molecular weight excluding hydrogens is 320 g/mol. The molecule has 0 radical (unpaired) electrons. The molecule has 1 unspecified atom stereocenters. The van der Waals surface area contributed by atoms with E-state index in [0.29, 0.717) is 13.2 Å². The van der Waals surface area contributed by atoms with Gasteiger partial charge in [0, 0.05) is 0 Å². The van der Waals surface area contributed by atoms with E-state index in [2.05, 4.69) is 13.8 Å². The van der Waals surface area contributed by atoms with Crippen molar-refractivity contribution in [1.29, 1.82) is 0 Å². The van der Waals surface area contributed by atoms with Crippen LogP contribution >= 0.6 is 0 Å². The van der Waals surface area contributed by atoms with Gasteiger partial charge in [-0.05, 0) is 12.8 Å². The largest absolute Gasteiger partial charge is 0.304 e. The van der Waals surface area contributed by atoms with E-state index >= 15 is 0 Å². The highest BCUT2D eigenvalue weighted by Gasteiger charge is 2.00. The van der Waals surface area contributed by atoms with Gasteiger partial charge in [0.1, 0.15) is 0 Å². The van der Waals surface area contributed by atoms with Gasteiger partial charge in [-0.1, -0.05) is 104 Å². The molecule has 0 fully saturated rings. The van der Waals surface area contributed by atoms with Crippen LogP contribution in [0.25, 0.3) is 0 Å². The summed E-state index contributed by atoms with van der Waals surface area (Å²) in [5, 5.41) is 0. The molecule has 0 amide bonds. The smallest absolute Gasteiger partial charge is 0.268 e. The molecule has 4 heteroatoms. The number of hydrogen-bond donors (Lipinski definition) is 0. The molecule has 0 aliphatic heterocycles. The van der Waals surface area contributed by atoms with Gasteiger partial charge in [0.05, 0.1) is 13.2 Å². The third kappa shape index (κ3) is 20.1. The zero-order chi connectivity index (χ0) is 17.7. The van der Waals surface area contributed by atoms with Crippen LogP contribution in [-0.2, 0) is 19.7 Å². The molecule has 0 aliphatic carbocycles. The lowest BCUT2D eigenvalue weighted by molar-refractivity contribution is 0.242. The second-order valence-electron chi connectivity index (χ2n) is 6.80. The van der Waals surface area contributed by atoms with Crippen molar-refractivity contribution < 1.29 is 12.6 Å². The first kappa shape index (κ1) is 24.1. The number of rotatable bonds is 20. The van der Waals surface area contributed by atoms with E-state index < -0.39 is 11.4 Å². The maximum atomic E-state index is 11.3. The molecule has 146 valence electrons. The highest BCUT2D eigenvalue weighted by atomic mass is 32.2. The van der Waals surface area contributed by atoms with Crippen molar-refractivity contribution in [3.63, 3.8) is 0 Å². The van der Waals surface area contributed by atoms with Gasteiger partial charge >= 0.3 is 11.4 Å². The summed E-state index contributed by atoms with van der Waals surface area (Å²) in [6.07, 6.45) is 20.8. The standard InChI is InChI=1S/C20H42O3S/c1-3-5-7-8-9-10-11-12-13-14-15-16-17-18-20-23-24(21)22-19-6-4-2/h3-20H2,1-2H3. The third-order valence-electron chi connectivity index (χ3n) is 4.35. The lowest BCUT2D eigenvalue weighted by Gasteiger charge is -2.04. The average Bonchev–Trinajstić information content (AvgIpc) is 2.58. The van der Waals surface area contributed by atoms with Gasteiger partial charge in [0.15, 0.2) is 0 Å². The summed E-state index contributed by atoms with van der Waals surface area (Å²) in [5.41, 5.74) is 0. The summed E-state index contributed by atoms with van der Waals surface area (Å²) >= 11 is -1.54. The van der Waals surface area contributed by atoms with Gasteiger partial charge in [-0.15, -0.1) is 0 Å². The Bertz CT molecular complexity index is 259. The first-order valence-corrected chi connectivity index (χ1v) is 11.5. The quantitative estimate of drug-likeness (QED) is 0.221. The lowest BCUT2D eigenvalue weighted by atomic mass is 10.0. The van der Waals surface area contributed by atoms with E-state index in [1.807, 2.05) is 0 Å². The average molecular weight is 363 g/mol. The van der Waals surface area contributed by atoms with Crippen LogP contribution in [0.3, 0.4) is 0 Å². The Hall–Kier alpha value is 0.0700. The van der Waals surface area contributed by atoms with E-state index in [9.17, 15) is 4.21 Å². The van der Waals surface area contributed by atoms with Gasteiger partial charge in [-0.3, -0.25) is 8.37 Å². The van der Waals surface area contributed by atoms with Gasteiger partial charge in [-0.25, -0.2) is 0 Å². The highest BCUT2D eigenvalue weighted by molar-refractivity contribution is 7.75. The molecule has 0 saturated carbocycles. The highest BCUT2D eigenvalue weighted by Crippen LogP contribution is 2.13. The van der Waals surface area contributed by atoms with Crippen molar-refractivity contribution >= 4 is 11.4 Å². The van der Waals surface area contributed by atoms with Gasteiger partial charge < -0.3 is 0 Å². The molecule has 0 N–H and O–H groups in total. The zero-order valence-electron chi connectivity index (χ0n) is 16.4. The Morgan fingerprint density at radius 1 is 0.500 bits per heavy atom. The third-order valence-corrected chi connectivity index (χ3v) is 5.07. The topological polar surface area (TPSA) is 35.5 Å².